The quantitative estimate of drug-likeness (QED) is 0.693. The van der Waals surface area contributed by atoms with Crippen molar-refractivity contribution in [2.45, 2.75) is 0 Å². The van der Waals surface area contributed by atoms with E-state index < -0.39 is 0 Å². The Balaban J connectivity index is 1.61. The van der Waals surface area contributed by atoms with E-state index in [9.17, 15) is 9.59 Å². The molecule has 2 amide bonds. The predicted octanol–water partition coefficient (Wildman–Crippen LogP) is 4.31. The second-order valence-corrected chi connectivity index (χ2v) is 6.28. The Kier molecular flexibility index (Phi) is 4.78. The van der Waals surface area contributed by atoms with E-state index >= 15 is 0 Å². The monoisotopic (exact) mass is 390 g/mol. The molecule has 3 aromatic rings. The van der Waals surface area contributed by atoms with Gasteiger partial charge in [0.2, 0.25) is 0 Å². The number of carbonyl (C=O) groups excluding carboxylic acids is 2. The molecular weight excluding hydrogens is 372 g/mol. The first kappa shape index (κ1) is 18.4. The Morgan fingerprint density at radius 2 is 1.79 bits per heavy atom. The molecule has 0 unspecified atom stereocenters. The summed E-state index contributed by atoms with van der Waals surface area (Å²) in [4.78, 5) is 25.3. The number of anilines is 2. The maximum atomic E-state index is 12.7. The first-order valence-electron chi connectivity index (χ1n) is 8.84. The highest BCUT2D eigenvalue weighted by Gasteiger charge is 2.22. The van der Waals surface area contributed by atoms with Crippen LogP contribution < -0.4 is 24.8 Å². The standard InChI is InChI=1S/C22H18N2O5/c1-27-14-8-9-15(20(12-14)28-2)21(25)23-13-7-10-18-16(11-13)22(26)24-17-5-3-4-6-19(17)29-18/h3-12H,1-2H3,(H,23,25)(H,24,26). The zero-order valence-electron chi connectivity index (χ0n) is 15.8. The number of amides is 2. The minimum atomic E-state index is -0.373. The number of fused-ring (bicyclic) bond motifs is 2. The van der Waals surface area contributed by atoms with E-state index in [4.69, 9.17) is 14.2 Å². The van der Waals surface area contributed by atoms with Crippen molar-refractivity contribution in [3.05, 3.63) is 71.8 Å². The summed E-state index contributed by atoms with van der Waals surface area (Å²) < 4.78 is 16.3. The average Bonchev–Trinajstić information content (AvgIpc) is 2.88. The Hall–Kier alpha value is -4.00. The van der Waals surface area contributed by atoms with Gasteiger partial charge in [-0.3, -0.25) is 9.59 Å². The van der Waals surface area contributed by atoms with Crippen LogP contribution in [0.5, 0.6) is 23.0 Å². The van der Waals surface area contributed by atoms with Gasteiger partial charge in [-0.15, -0.1) is 0 Å². The lowest BCUT2D eigenvalue weighted by Crippen LogP contribution is -2.15. The zero-order valence-corrected chi connectivity index (χ0v) is 15.8. The summed E-state index contributed by atoms with van der Waals surface area (Å²) in [6, 6.07) is 17.0. The molecule has 1 aliphatic heterocycles. The number of carbonyl (C=O) groups is 2. The fourth-order valence-corrected chi connectivity index (χ4v) is 3.03. The molecule has 0 spiro atoms. The van der Waals surface area contributed by atoms with Crippen LogP contribution in [0.3, 0.4) is 0 Å². The minimum Gasteiger partial charge on any atom is -0.497 e. The van der Waals surface area contributed by atoms with Crippen LogP contribution in [-0.4, -0.2) is 26.0 Å². The smallest absolute Gasteiger partial charge is 0.259 e. The van der Waals surface area contributed by atoms with E-state index in [-0.39, 0.29) is 11.8 Å². The van der Waals surface area contributed by atoms with Crippen molar-refractivity contribution in [3.63, 3.8) is 0 Å². The van der Waals surface area contributed by atoms with Crippen LogP contribution in [0.1, 0.15) is 20.7 Å². The molecule has 0 aromatic heterocycles. The molecular formula is C22H18N2O5. The van der Waals surface area contributed by atoms with Crippen LogP contribution in [-0.2, 0) is 0 Å². The predicted molar refractivity (Wildman–Crippen MR) is 108 cm³/mol. The van der Waals surface area contributed by atoms with Crippen LogP contribution in [0.4, 0.5) is 11.4 Å². The number of ether oxygens (including phenoxy) is 3. The lowest BCUT2D eigenvalue weighted by molar-refractivity contribution is 0.101. The van der Waals surface area contributed by atoms with E-state index in [0.29, 0.717) is 45.5 Å². The number of rotatable bonds is 4. The normalized spacial score (nSPS) is 11.9. The fraction of sp³-hybridized carbons (Fsp3) is 0.0909. The third-order valence-corrected chi connectivity index (χ3v) is 4.49. The molecule has 1 aliphatic rings. The van der Waals surface area contributed by atoms with Crippen molar-refractivity contribution < 1.29 is 23.8 Å². The second kappa shape index (κ2) is 7.55. The van der Waals surface area contributed by atoms with E-state index in [1.54, 1.807) is 48.5 Å². The lowest BCUT2D eigenvalue weighted by atomic mass is 10.1. The Labute approximate surface area is 167 Å². The summed E-state index contributed by atoms with van der Waals surface area (Å²) in [5, 5.41) is 5.60. The van der Waals surface area contributed by atoms with Crippen molar-refractivity contribution in [1.82, 2.24) is 0 Å². The summed E-state index contributed by atoms with van der Waals surface area (Å²) in [6.45, 7) is 0. The molecule has 7 heteroatoms. The van der Waals surface area contributed by atoms with Crippen molar-refractivity contribution >= 4 is 23.2 Å². The highest BCUT2D eigenvalue weighted by Crippen LogP contribution is 2.36. The fourth-order valence-electron chi connectivity index (χ4n) is 3.03. The number of methoxy groups -OCH3 is 2. The van der Waals surface area contributed by atoms with E-state index in [2.05, 4.69) is 10.6 Å². The van der Waals surface area contributed by atoms with E-state index in [1.165, 1.54) is 14.2 Å². The largest absolute Gasteiger partial charge is 0.497 e. The van der Waals surface area contributed by atoms with Gasteiger partial charge in [0.1, 0.15) is 17.2 Å². The summed E-state index contributed by atoms with van der Waals surface area (Å²) in [5.74, 6) is 1.24. The Morgan fingerprint density at radius 1 is 0.966 bits per heavy atom. The van der Waals surface area contributed by atoms with Crippen molar-refractivity contribution in [3.8, 4) is 23.0 Å². The minimum absolute atomic E-state index is 0.317. The summed E-state index contributed by atoms with van der Waals surface area (Å²) in [7, 11) is 3.02. The van der Waals surface area contributed by atoms with E-state index in [1.807, 2.05) is 12.1 Å². The van der Waals surface area contributed by atoms with Gasteiger partial charge in [0, 0.05) is 11.8 Å². The molecule has 0 atom stereocenters. The van der Waals surface area contributed by atoms with Gasteiger partial charge < -0.3 is 24.8 Å². The molecule has 3 aromatic carbocycles. The molecule has 2 N–H and O–H groups in total. The molecule has 29 heavy (non-hydrogen) atoms. The van der Waals surface area contributed by atoms with Gasteiger partial charge >= 0.3 is 0 Å². The van der Waals surface area contributed by atoms with Crippen molar-refractivity contribution in [2.24, 2.45) is 0 Å². The van der Waals surface area contributed by atoms with Gasteiger partial charge in [-0.05, 0) is 42.5 Å². The van der Waals surface area contributed by atoms with E-state index in [0.717, 1.165) is 0 Å². The Morgan fingerprint density at radius 3 is 2.59 bits per heavy atom. The maximum absolute atomic E-state index is 12.7. The second-order valence-electron chi connectivity index (χ2n) is 6.28. The Bertz CT molecular complexity index is 1110. The van der Waals surface area contributed by atoms with Gasteiger partial charge in [-0.2, -0.15) is 0 Å². The summed E-state index contributed by atoms with van der Waals surface area (Å²) in [6.07, 6.45) is 0. The molecule has 4 rings (SSSR count). The number of hydrogen-bond acceptors (Lipinski definition) is 5. The highest BCUT2D eigenvalue weighted by molar-refractivity contribution is 6.10. The molecule has 0 radical (unpaired) electrons. The molecule has 0 aliphatic carbocycles. The first-order valence-corrected chi connectivity index (χ1v) is 8.84. The van der Waals surface area contributed by atoms with Crippen molar-refractivity contribution in [2.75, 3.05) is 24.9 Å². The van der Waals surface area contributed by atoms with Crippen LogP contribution >= 0.6 is 0 Å². The number of benzene rings is 3. The van der Waals surface area contributed by atoms with Gasteiger partial charge in [-0.25, -0.2) is 0 Å². The first-order chi connectivity index (χ1) is 14.1. The summed E-state index contributed by atoms with van der Waals surface area (Å²) in [5.41, 5.74) is 1.70. The highest BCUT2D eigenvalue weighted by atomic mass is 16.5. The lowest BCUT2D eigenvalue weighted by Gasteiger charge is -2.12. The third-order valence-electron chi connectivity index (χ3n) is 4.49. The third kappa shape index (κ3) is 3.58. The SMILES string of the molecule is COc1ccc(C(=O)Nc2ccc3c(c2)C(=O)Nc2ccccc2O3)c(OC)c1. The van der Waals surface area contributed by atoms with Crippen LogP contribution in [0.25, 0.3) is 0 Å². The average molecular weight is 390 g/mol. The molecule has 146 valence electrons. The molecule has 0 bridgehead atoms. The van der Waals surface area contributed by atoms with Crippen LogP contribution in [0, 0.1) is 0 Å². The molecule has 7 nitrogen and oxygen atoms in total. The van der Waals surface area contributed by atoms with Crippen LogP contribution in [0.2, 0.25) is 0 Å². The molecule has 0 saturated carbocycles. The summed E-state index contributed by atoms with van der Waals surface area (Å²) >= 11 is 0. The molecule has 0 saturated heterocycles. The molecule has 1 heterocycles. The van der Waals surface area contributed by atoms with Gasteiger partial charge in [0.25, 0.3) is 11.8 Å². The number of para-hydroxylation sites is 2. The zero-order chi connectivity index (χ0) is 20.4. The van der Waals surface area contributed by atoms with Crippen LogP contribution in [0.15, 0.2) is 60.7 Å². The maximum Gasteiger partial charge on any atom is 0.259 e. The number of hydrogen-bond donors (Lipinski definition) is 2. The van der Waals surface area contributed by atoms with Gasteiger partial charge in [0.15, 0.2) is 5.75 Å². The molecule has 0 fully saturated rings. The number of nitrogens with one attached hydrogen (secondary N) is 2. The van der Waals surface area contributed by atoms with Crippen molar-refractivity contribution in [1.29, 1.82) is 0 Å². The van der Waals surface area contributed by atoms with Gasteiger partial charge in [0.05, 0.1) is 31.0 Å². The van der Waals surface area contributed by atoms with Gasteiger partial charge in [-0.1, -0.05) is 12.1 Å². The topological polar surface area (TPSA) is 85.9 Å².